The molecule has 6 aromatic rings. The van der Waals surface area contributed by atoms with Gasteiger partial charge in [0.25, 0.3) is 11.4 Å². The number of ether oxygens (including phenoxy) is 2. The van der Waals surface area contributed by atoms with Crippen molar-refractivity contribution in [2.75, 3.05) is 14.2 Å². The molecule has 0 aliphatic carbocycles. The van der Waals surface area contributed by atoms with Gasteiger partial charge in [-0.25, -0.2) is 9.97 Å². The molecule has 0 aliphatic rings. The molecule has 0 saturated heterocycles. The number of imidazole rings is 2. The number of nitrogens with zero attached hydrogens (tertiary/aromatic N) is 4. The van der Waals surface area contributed by atoms with Crippen molar-refractivity contribution in [3.05, 3.63) is 93.0 Å². The second-order valence-electron chi connectivity index (χ2n) is 8.86. The van der Waals surface area contributed by atoms with Gasteiger partial charge in [0.1, 0.15) is 11.6 Å². The molecule has 212 valence electrons. The van der Waals surface area contributed by atoms with Crippen molar-refractivity contribution >= 4 is 33.4 Å². The lowest BCUT2D eigenvalue weighted by atomic mass is 10.2. The standard InChI is InChI=1S/2C14H11N3O4/c2*1-21-13-6-8(2-5-12(13)18)14-15-10-4-3-9(17(19)20)7-11(10)16-14/h2*2-7,18H,1H3,(H,15,16). The molecule has 6 rings (SSSR count). The fourth-order valence-electron chi connectivity index (χ4n) is 4.15. The third-order valence-electron chi connectivity index (χ3n) is 6.26. The van der Waals surface area contributed by atoms with Crippen LogP contribution in [0.4, 0.5) is 11.4 Å². The molecule has 2 aromatic heterocycles. The molecule has 0 radical (unpaired) electrons. The lowest BCUT2D eigenvalue weighted by Crippen LogP contribution is -1.86. The Balaban J connectivity index is 0.000000168. The van der Waals surface area contributed by atoms with Gasteiger partial charge in [-0.15, -0.1) is 0 Å². The molecule has 0 bridgehead atoms. The number of aromatic amines is 2. The predicted molar refractivity (Wildman–Crippen MR) is 153 cm³/mol. The SMILES string of the molecule is COc1cc(-c2nc3ccc([N+](=O)[O-])cc3[nH]2)ccc1O.COc1cc(-c2nc3ccc([N+](=O)[O-])cc3[nH]2)ccc1O. The number of non-ortho nitro benzene ring substituents is 2. The fourth-order valence-corrected chi connectivity index (χ4v) is 4.15. The second-order valence-corrected chi connectivity index (χ2v) is 8.86. The van der Waals surface area contributed by atoms with Gasteiger partial charge in [0.15, 0.2) is 23.0 Å². The van der Waals surface area contributed by atoms with Crippen LogP contribution in [-0.4, -0.2) is 54.2 Å². The summed E-state index contributed by atoms with van der Waals surface area (Å²) < 4.78 is 10.1. The Morgan fingerprint density at radius 2 is 1.05 bits per heavy atom. The Hall–Kier alpha value is -6.18. The summed E-state index contributed by atoms with van der Waals surface area (Å²) in [5.41, 5.74) is 3.83. The minimum atomic E-state index is -0.455. The van der Waals surface area contributed by atoms with Gasteiger partial charge in [0.05, 0.1) is 46.1 Å². The van der Waals surface area contributed by atoms with Crippen LogP contribution >= 0.6 is 0 Å². The number of aromatic nitrogens is 4. The van der Waals surface area contributed by atoms with E-state index in [9.17, 15) is 30.4 Å². The summed E-state index contributed by atoms with van der Waals surface area (Å²) in [4.78, 5) is 35.4. The number of aromatic hydroxyl groups is 2. The van der Waals surface area contributed by atoms with E-state index in [1.165, 1.54) is 50.6 Å². The molecule has 0 atom stereocenters. The maximum Gasteiger partial charge on any atom is 0.271 e. The van der Waals surface area contributed by atoms with E-state index in [1.54, 1.807) is 36.4 Å². The van der Waals surface area contributed by atoms with E-state index in [2.05, 4.69) is 19.9 Å². The molecule has 0 unspecified atom stereocenters. The minimum Gasteiger partial charge on any atom is -0.504 e. The first kappa shape index (κ1) is 27.4. The first-order valence-corrected chi connectivity index (χ1v) is 12.2. The summed E-state index contributed by atoms with van der Waals surface area (Å²) in [5.74, 6) is 1.83. The highest BCUT2D eigenvalue weighted by atomic mass is 16.6. The molecule has 42 heavy (non-hydrogen) atoms. The minimum absolute atomic E-state index is 0.000914. The van der Waals surface area contributed by atoms with E-state index in [1.807, 2.05) is 0 Å². The van der Waals surface area contributed by atoms with Gasteiger partial charge in [-0.1, -0.05) is 0 Å². The molecule has 0 spiro atoms. The Labute approximate surface area is 236 Å². The molecule has 4 N–H and O–H groups in total. The molecule has 0 fully saturated rings. The van der Waals surface area contributed by atoms with Crippen LogP contribution in [0.3, 0.4) is 0 Å². The topological polar surface area (TPSA) is 203 Å². The number of methoxy groups -OCH3 is 2. The Bertz CT molecular complexity index is 1820. The monoisotopic (exact) mass is 570 g/mol. The van der Waals surface area contributed by atoms with Crippen molar-refractivity contribution in [3.63, 3.8) is 0 Å². The van der Waals surface area contributed by atoms with Crippen molar-refractivity contribution in [2.24, 2.45) is 0 Å². The summed E-state index contributed by atoms with van der Waals surface area (Å²) in [5, 5.41) is 40.7. The summed E-state index contributed by atoms with van der Waals surface area (Å²) in [7, 11) is 2.92. The molecule has 0 amide bonds. The van der Waals surface area contributed by atoms with Crippen molar-refractivity contribution in [1.82, 2.24) is 19.9 Å². The average molecular weight is 571 g/mol. The number of hydrogen-bond acceptors (Lipinski definition) is 10. The van der Waals surface area contributed by atoms with Gasteiger partial charge < -0.3 is 29.7 Å². The van der Waals surface area contributed by atoms with E-state index >= 15 is 0 Å². The number of benzene rings is 4. The fraction of sp³-hybridized carbons (Fsp3) is 0.0714. The van der Waals surface area contributed by atoms with Gasteiger partial charge in [0.2, 0.25) is 0 Å². The Morgan fingerprint density at radius 1 is 0.643 bits per heavy atom. The summed E-state index contributed by atoms with van der Waals surface area (Å²) in [6, 6.07) is 18.5. The van der Waals surface area contributed by atoms with Crippen LogP contribution in [-0.2, 0) is 0 Å². The normalized spacial score (nSPS) is 10.7. The third-order valence-corrected chi connectivity index (χ3v) is 6.26. The number of phenols is 2. The zero-order valence-electron chi connectivity index (χ0n) is 22.1. The first-order chi connectivity index (χ1) is 20.2. The van der Waals surface area contributed by atoms with Crippen molar-refractivity contribution in [3.8, 4) is 45.8 Å². The van der Waals surface area contributed by atoms with Crippen molar-refractivity contribution in [2.45, 2.75) is 0 Å². The van der Waals surface area contributed by atoms with Gasteiger partial charge in [-0.3, -0.25) is 20.2 Å². The van der Waals surface area contributed by atoms with Crippen molar-refractivity contribution < 1.29 is 29.5 Å². The number of fused-ring (bicyclic) bond motifs is 2. The average Bonchev–Trinajstić information content (AvgIpc) is 3.61. The van der Waals surface area contributed by atoms with Crippen LogP contribution < -0.4 is 9.47 Å². The number of rotatable bonds is 6. The van der Waals surface area contributed by atoms with E-state index in [0.717, 1.165) is 0 Å². The highest BCUT2D eigenvalue weighted by Crippen LogP contribution is 2.33. The smallest absolute Gasteiger partial charge is 0.271 e. The summed E-state index contributed by atoms with van der Waals surface area (Å²) >= 11 is 0. The van der Waals surface area contributed by atoms with Crippen LogP contribution in [0, 0.1) is 20.2 Å². The maximum absolute atomic E-state index is 10.8. The maximum atomic E-state index is 10.8. The Morgan fingerprint density at radius 3 is 1.40 bits per heavy atom. The van der Waals surface area contributed by atoms with E-state index in [0.29, 0.717) is 56.3 Å². The molecule has 2 heterocycles. The number of nitro groups is 2. The number of H-pyrrole nitrogens is 2. The number of nitro benzene ring substituents is 2. The lowest BCUT2D eigenvalue weighted by Gasteiger charge is -2.04. The van der Waals surface area contributed by atoms with Crippen LogP contribution in [0.2, 0.25) is 0 Å². The largest absolute Gasteiger partial charge is 0.504 e. The van der Waals surface area contributed by atoms with Crippen LogP contribution in [0.25, 0.3) is 44.8 Å². The molecule has 4 aromatic carbocycles. The van der Waals surface area contributed by atoms with Gasteiger partial charge in [0, 0.05) is 35.4 Å². The summed E-state index contributed by atoms with van der Waals surface area (Å²) in [6.45, 7) is 0. The van der Waals surface area contributed by atoms with E-state index in [4.69, 9.17) is 9.47 Å². The predicted octanol–water partition coefficient (Wildman–Crippen LogP) is 5.70. The van der Waals surface area contributed by atoms with Crippen molar-refractivity contribution in [1.29, 1.82) is 0 Å². The van der Waals surface area contributed by atoms with Crippen LogP contribution in [0.15, 0.2) is 72.8 Å². The summed E-state index contributed by atoms with van der Waals surface area (Å²) in [6.07, 6.45) is 0. The number of nitrogens with one attached hydrogen (secondary N) is 2. The number of phenolic OH excluding ortho intramolecular Hbond substituents is 2. The molecule has 0 aliphatic heterocycles. The van der Waals surface area contributed by atoms with Crippen LogP contribution in [0.1, 0.15) is 0 Å². The molecular weight excluding hydrogens is 548 g/mol. The first-order valence-electron chi connectivity index (χ1n) is 12.2. The highest BCUT2D eigenvalue weighted by Gasteiger charge is 2.13. The Kier molecular flexibility index (Phi) is 7.26. The molecule has 14 nitrogen and oxygen atoms in total. The molecular formula is C28H22N6O8. The van der Waals surface area contributed by atoms with Crippen LogP contribution in [0.5, 0.6) is 23.0 Å². The molecule has 0 saturated carbocycles. The third kappa shape index (κ3) is 5.44. The highest BCUT2D eigenvalue weighted by molar-refractivity contribution is 5.82. The quantitative estimate of drug-likeness (QED) is 0.142. The van der Waals surface area contributed by atoms with E-state index < -0.39 is 9.85 Å². The zero-order valence-corrected chi connectivity index (χ0v) is 22.1. The van der Waals surface area contributed by atoms with E-state index in [-0.39, 0.29) is 22.9 Å². The van der Waals surface area contributed by atoms with Gasteiger partial charge in [-0.05, 0) is 48.5 Å². The lowest BCUT2D eigenvalue weighted by molar-refractivity contribution is -0.384. The number of hydrogen-bond donors (Lipinski definition) is 4. The molecule has 14 heteroatoms. The zero-order chi connectivity index (χ0) is 30.0. The second kappa shape index (κ2) is 11.1. The van der Waals surface area contributed by atoms with Gasteiger partial charge in [-0.2, -0.15) is 0 Å². The van der Waals surface area contributed by atoms with Gasteiger partial charge >= 0.3 is 0 Å².